The van der Waals surface area contributed by atoms with Crippen molar-refractivity contribution < 1.29 is 4.74 Å². The monoisotopic (exact) mass is 312 g/mol. The Morgan fingerprint density at radius 2 is 1.73 bits per heavy atom. The van der Waals surface area contributed by atoms with Crippen molar-refractivity contribution in [3.63, 3.8) is 0 Å². The van der Waals surface area contributed by atoms with E-state index in [9.17, 15) is 0 Å². The van der Waals surface area contributed by atoms with Gasteiger partial charge in [-0.05, 0) is 36.9 Å². The summed E-state index contributed by atoms with van der Waals surface area (Å²) in [5.74, 6) is 0.434. The molecule has 0 bridgehead atoms. The first-order valence-electron chi connectivity index (χ1n) is 8.41. The van der Waals surface area contributed by atoms with E-state index in [0.29, 0.717) is 5.92 Å². The van der Waals surface area contributed by atoms with E-state index in [1.54, 1.807) is 16.7 Å². The van der Waals surface area contributed by atoms with Gasteiger partial charge in [0.1, 0.15) is 0 Å². The largest absolute Gasteiger partial charge is 0.368 e. The van der Waals surface area contributed by atoms with Crippen LogP contribution in [0.15, 0.2) is 53.1 Å². The van der Waals surface area contributed by atoms with Crippen LogP contribution in [0.4, 0.5) is 0 Å². The summed E-state index contributed by atoms with van der Waals surface area (Å²) in [5.41, 5.74) is 6.78. The fraction of sp³-hybridized carbons (Fsp3) is 0.500. The molecule has 0 aromatic heterocycles. The maximum absolute atomic E-state index is 6.23. The van der Waals surface area contributed by atoms with Crippen molar-refractivity contribution in [3.05, 3.63) is 58.7 Å². The van der Waals surface area contributed by atoms with Crippen molar-refractivity contribution >= 4 is 8.07 Å². The SMILES string of the molecule is CC1=C[C@@H]2C(=C(C)[C@@H]([Si](C)(C)C)C1)CO[C@H]2c1ccccc1. The molecule has 0 spiro atoms. The zero-order chi connectivity index (χ0) is 15.9. The van der Waals surface area contributed by atoms with Crippen LogP contribution in [0.2, 0.25) is 25.2 Å². The molecule has 22 heavy (non-hydrogen) atoms. The highest BCUT2D eigenvalue weighted by atomic mass is 28.3. The highest BCUT2D eigenvalue weighted by Crippen LogP contribution is 2.48. The lowest BCUT2D eigenvalue weighted by Crippen LogP contribution is -2.29. The molecule has 0 saturated carbocycles. The van der Waals surface area contributed by atoms with Crippen LogP contribution < -0.4 is 0 Å². The van der Waals surface area contributed by atoms with Gasteiger partial charge in [0.2, 0.25) is 0 Å². The third-order valence-electron chi connectivity index (χ3n) is 5.34. The van der Waals surface area contributed by atoms with Gasteiger partial charge in [0.05, 0.1) is 20.8 Å². The molecule has 0 N–H and O–H groups in total. The zero-order valence-corrected chi connectivity index (χ0v) is 15.5. The van der Waals surface area contributed by atoms with Gasteiger partial charge in [0.15, 0.2) is 0 Å². The van der Waals surface area contributed by atoms with Gasteiger partial charge in [0, 0.05) is 5.92 Å². The summed E-state index contributed by atoms with van der Waals surface area (Å²) in [7, 11) is -1.21. The van der Waals surface area contributed by atoms with Gasteiger partial charge in [-0.3, -0.25) is 0 Å². The predicted octanol–water partition coefficient (Wildman–Crippen LogP) is 5.75. The third kappa shape index (κ3) is 2.87. The molecule has 1 aromatic carbocycles. The highest BCUT2D eigenvalue weighted by molar-refractivity contribution is 6.78. The Morgan fingerprint density at radius 1 is 1.05 bits per heavy atom. The highest BCUT2D eigenvalue weighted by Gasteiger charge is 2.39. The first-order chi connectivity index (χ1) is 10.4. The van der Waals surface area contributed by atoms with Crippen molar-refractivity contribution in [2.45, 2.75) is 51.6 Å². The van der Waals surface area contributed by atoms with E-state index in [1.807, 2.05) is 0 Å². The van der Waals surface area contributed by atoms with Gasteiger partial charge in [0.25, 0.3) is 0 Å². The van der Waals surface area contributed by atoms with Gasteiger partial charge in [-0.2, -0.15) is 0 Å². The Balaban J connectivity index is 2.02. The Hall–Kier alpha value is -1.12. The molecule has 1 fully saturated rings. The van der Waals surface area contributed by atoms with Crippen LogP contribution in [0.1, 0.15) is 31.9 Å². The van der Waals surface area contributed by atoms with Crippen LogP contribution in [0.3, 0.4) is 0 Å². The van der Waals surface area contributed by atoms with Crippen molar-refractivity contribution in [2.24, 2.45) is 5.92 Å². The molecule has 2 aliphatic rings. The van der Waals surface area contributed by atoms with Crippen molar-refractivity contribution in [1.82, 2.24) is 0 Å². The number of fused-ring (bicyclic) bond motifs is 1. The minimum Gasteiger partial charge on any atom is -0.368 e. The maximum Gasteiger partial charge on any atom is 0.0930 e. The Bertz CT molecular complexity index is 606. The summed E-state index contributed by atoms with van der Waals surface area (Å²) >= 11 is 0. The van der Waals surface area contributed by atoms with Crippen LogP contribution in [-0.4, -0.2) is 14.7 Å². The van der Waals surface area contributed by atoms with E-state index in [1.165, 1.54) is 12.0 Å². The number of rotatable bonds is 2. The van der Waals surface area contributed by atoms with Gasteiger partial charge >= 0.3 is 0 Å². The summed E-state index contributed by atoms with van der Waals surface area (Å²) in [6, 6.07) is 10.7. The molecule has 3 rings (SSSR count). The number of ether oxygens (including phenoxy) is 1. The van der Waals surface area contributed by atoms with Crippen LogP contribution in [0, 0.1) is 5.92 Å². The minimum absolute atomic E-state index is 0.196. The lowest BCUT2D eigenvalue weighted by Gasteiger charge is -2.30. The van der Waals surface area contributed by atoms with E-state index < -0.39 is 8.07 Å². The van der Waals surface area contributed by atoms with Crippen LogP contribution >= 0.6 is 0 Å². The topological polar surface area (TPSA) is 9.23 Å². The number of hydrogen-bond acceptors (Lipinski definition) is 1. The average molecular weight is 313 g/mol. The lowest BCUT2D eigenvalue weighted by atomic mass is 9.89. The van der Waals surface area contributed by atoms with Gasteiger partial charge < -0.3 is 4.74 Å². The first-order valence-corrected chi connectivity index (χ1v) is 12.0. The van der Waals surface area contributed by atoms with Crippen LogP contribution in [0.25, 0.3) is 0 Å². The van der Waals surface area contributed by atoms with Gasteiger partial charge in [-0.15, -0.1) is 0 Å². The Labute approximate surface area is 136 Å². The molecule has 0 amide bonds. The second-order valence-corrected chi connectivity index (χ2v) is 13.4. The van der Waals surface area contributed by atoms with Crippen molar-refractivity contribution in [3.8, 4) is 0 Å². The van der Waals surface area contributed by atoms with E-state index in [4.69, 9.17) is 4.74 Å². The third-order valence-corrected chi connectivity index (χ3v) is 8.07. The molecular formula is C20H28OSi. The van der Waals surface area contributed by atoms with E-state index in [0.717, 1.165) is 12.1 Å². The van der Waals surface area contributed by atoms with Crippen molar-refractivity contribution in [2.75, 3.05) is 6.61 Å². The fourth-order valence-electron chi connectivity index (χ4n) is 4.10. The number of allylic oxidation sites excluding steroid dienone is 2. The fourth-order valence-corrected chi connectivity index (χ4v) is 6.52. The van der Waals surface area contributed by atoms with Gasteiger partial charge in [-0.1, -0.05) is 67.2 Å². The first kappa shape index (κ1) is 15.8. The molecule has 118 valence electrons. The average Bonchev–Trinajstić information content (AvgIpc) is 2.82. The molecule has 1 aliphatic heterocycles. The standard InChI is InChI=1S/C20H28OSi/c1-14-11-17-18(15(2)19(12-14)22(3,4)5)13-21-20(17)16-9-7-6-8-10-16/h6-11,17,19-20H,12-13H2,1-5H3/t17-,19+,20+/m1/s1. The second kappa shape index (κ2) is 5.82. The molecule has 2 heteroatoms. The van der Waals surface area contributed by atoms with E-state index in [-0.39, 0.29) is 6.10 Å². The number of hydrogen-bond donors (Lipinski definition) is 0. The molecule has 1 heterocycles. The molecule has 3 atom stereocenters. The summed E-state index contributed by atoms with van der Waals surface area (Å²) < 4.78 is 6.23. The molecule has 1 saturated heterocycles. The van der Waals surface area contributed by atoms with Gasteiger partial charge in [-0.25, -0.2) is 0 Å². The van der Waals surface area contributed by atoms with Crippen molar-refractivity contribution in [1.29, 1.82) is 0 Å². The maximum atomic E-state index is 6.23. The quantitative estimate of drug-likeness (QED) is 0.499. The normalized spacial score (nSPS) is 29.1. The molecule has 0 radical (unpaired) electrons. The minimum atomic E-state index is -1.21. The Kier molecular flexibility index (Phi) is 4.17. The lowest BCUT2D eigenvalue weighted by molar-refractivity contribution is 0.100. The summed E-state index contributed by atoms with van der Waals surface area (Å²) in [4.78, 5) is 0. The summed E-state index contributed by atoms with van der Waals surface area (Å²) in [5, 5.41) is 0. The molecular weight excluding hydrogens is 284 g/mol. The summed E-state index contributed by atoms with van der Waals surface area (Å²) in [6.07, 6.45) is 3.92. The van der Waals surface area contributed by atoms with Crippen LogP contribution in [0.5, 0.6) is 0 Å². The van der Waals surface area contributed by atoms with Crippen LogP contribution in [-0.2, 0) is 4.74 Å². The zero-order valence-electron chi connectivity index (χ0n) is 14.5. The number of benzene rings is 1. The predicted molar refractivity (Wildman–Crippen MR) is 96.8 cm³/mol. The molecule has 1 aromatic rings. The smallest absolute Gasteiger partial charge is 0.0930 e. The Morgan fingerprint density at radius 3 is 2.36 bits per heavy atom. The molecule has 1 nitrogen and oxygen atoms in total. The summed E-state index contributed by atoms with van der Waals surface area (Å²) in [6.45, 7) is 13.0. The van der Waals surface area contributed by atoms with E-state index >= 15 is 0 Å². The molecule has 1 aliphatic carbocycles. The van der Waals surface area contributed by atoms with E-state index in [2.05, 4.69) is 69.9 Å². The second-order valence-electron chi connectivity index (χ2n) is 8.01. The molecule has 0 unspecified atom stereocenters.